The zero-order valence-corrected chi connectivity index (χ0v) is 13.3. The van der Waals surface area contributed by atoms with Crippen LogP contribution in [0.4, 0.5) is 4.79 Å². The predicted molar refractivity (Wildman–Crippen MR) is 81.2 cm³/mol. The van der Waals surface area contributed by atoms with Gasteiger partial charge < -0.3 is 14.9 Å². The van der Waals surface area contributed by atoms with E-state index in [1.807, 2.05) is 4.90 Å². The number of hydrogen-bond acceptors (Lipinski definition) is 2. The molecule has 0 bridgehead atoms. The smallest absolute Gasteiger partial charge is 0.320 e. The fraction of sp³-hybridized carbons (Fsp3) is 0.875. The molecule has 0 spiro atoms. The first-order valence-electron chi connectivity index (χ1n) is 8.19. The van der Waals surface area contributed by atoms with Crippen LogP contribution in [0.2, 0.25) is 0 Å². The van der Waals surface area contributed by atoms with Gasteiger partial charge in [0.15, 0.2) is 0 Å². The summed E-state index contributed by atoms with van der Waals surface area (Å²) in [6.07, 6.45) is 6.96. The van der Waals surface area contributed by atoms with Crippen LogP contribution in [-0.2, 0) is 4.79 Å². The minimum Gasteiger partial charge on any atom is -0.481 e. The van der Waals surface area contributed by atoms with Crippen molar-refractivity contribution in [3.05, 3.63) is 0 Å². The molecular weight excluding hydrogens is 268 g/mol. The van der Waals surface area contributed by atoms with Gasteiger partial charge in [-0.15, -0.1) is 0 Å². The first-order chi connectivity index (χ1) is 9.94. The van der Waals surface area contributed by atoms with Crippen LogP contribution in [0.25, 0.3) is 0 Å². The Morgan fingerprint density at radius 3 is 2.29 bits per heavy atom. The van der Waals surface area contributed by atoms with E-state index >= 15 is 0 Å². The molecule has 2 fully saturated rings. The van der Waals surface area contributed by atoms with Crippen LogP contribution in [0.1, 0.15) is 58.3 Å². The first kappa shape index (κ1) is 16.1. The van der Waals surface area contributed by atoms with Crippen LogP contribution >= 0.6 is 0 Å². The van der Waals surface area contributed by atoms with E-state index in [0.717, 1.165) is 58.0 Å². The van der Waals surface area contributed by atoms with Gasteiger partial charge in [-0.2, -0.15) is 0 Å². The quantitative estimate of drug-likeness (QED) is 0.871. The Balaban J connectivity index is 2.08. The van der Waals surface area contributed by atoms with Gasteiger partial charge in [0.2, 0.25) is 0 Å². The summed E-state index contributed by atoms with van der Waals surface area (Å²) < 4.78 is 0. The Kier molecular flexibility index (Phi) is 5.12. The molecule has 0 aromatic rings. The molecule has 1 heterocycles. The Labute approximate surface area is 127 Å². The van der Waals surface area contributed by atoms with Crippen molar-refractivity contribution in [1.82, 2.24) is 9.80 Å². The van der Waals surface area contributed by atoms with Gasteiger partial charge in [0.25, 0.3) is 0 Å². The van der Waals surface area contributed by atoms with E-state index in [1.165, 1.54) is 0 Å². The number of aliphatic carboxylic acids is 1. The third kappa shape index (κ3) is 3.69. The average molecular weight is 296 g/mol. The molecule has 5 nitrogen and oxygen atoms in total. The Morgan fingerprint density at radius 1 is 1.19 bits per heavy atom. The second-order valence-corrected chi connectivity index (χ2v) is 6.87. The third-order valence-electron chi connectivity index (χ3n) is 5.32. The molecule has 1 N–H and O–H groups in total. The summed E-state index contributed by atoms with van der Waals surface area (Å²) in [5.74, 6) is -0.120. The Morgan fingerprint density at radius 2 is 1.76 bits per heavy atom. The normalized spacial score (nSPS) is 22.9. The molecule has 2 rings (SSSR count). The first-order valence-corrected chi connectivity index (χ1v) is 8.19. The molecule has 0 atom stereocenters. The van der Waals surface area contributed by atoms with Gasteiger partial charge in [-0.25, -0.2) is 4.79 Å². The van der Waals surface area contributed by atoms with Crippen LogP contribution in [0.5, 0.6) is 0 Å². The molecule has 0 aromatic heterocycles. The molecular formula is C16H28N2O3. The lowest BCUT2D eigenvalue weighted by atomic mass is 9.78. The molecule has 5 heteroatoms. The summed E-state index contributed by atoms with van der Waals surface area (Å²) in [6.45, 7) is 3.82. The van der Waals surface area contributed by atoms with Gasteiger partial charge in [0.05, 0.1) is 12.0 Å². The van der Waals surface area contributed by atoms with Crippen molar-refractivity contribution in [2.75, 3.05) is 20.1 Å². The number of urea groups is 1. The van der Waals surface area contributed by atoms with Crippen molar-refractivity contribution in [2.24, 2.45) is 5.92 Å². The second-order valence-electron chi connectivity index (χ2n) is 6.87. The maximum absolute atomic E-state index is 12.7. The SMILES string of the molecule is CC1CCN(C(=O)N(C)C2(CC(=O)O)CCCCC2)CC1. The summed E-state index contributed by atoms with van der Waals surface area (Å²) in [7, 11) is 1.80. The van der Waals surface area contributed by atoms with E-state index in [0.29, 0.717) is 5.92 Å². The topological polar surface area (TPSA) is 60.9 Å². The molecule has 120 valence electrons. The highest BCUT2D eigenvalue weighted by Crippen LogP contribution is 2.36. The zero-order valence-electron chi connectivity index (χ0n) is 13.3. The monoisotopic (exact) mass is 296 g/mol. The molecule has 0 radical (unpaired) electrons. The van der Waals surface area contributed by atoms with Gasteiger partial charge in [-0.05, 0) is 31.6 Å². The van der Waals surface area contributed by atoms with E-state index in [4.69, 9.17) is 0 Å². The lowest BCUT2D eigenvalue weighted by Gasteiger charge is -2.46. The van der Waals surface area contributed by atoms with Crippen molar-refractivity contribution in [2.45, 2.75) is 63.8 Å². The number of hydrogen-bond donors (Lipinski definition) is 1. The number of amides is 2. The van der Waals surface area contributed by atoms with E-state index < -0.39 is 11.5 Å². The van der Waals surface area contributed by atoms with E-state index in [-0.39, 0.29) is 12.5 Å². The fourth-order valence-corrected chi connectivity index (χ4v) is 3.74. The molecule has 0 aromatic carbocycles. The summed E-state index contributed by atoms with van der Waals surface area (Å²) in [6, 6.07) is 0.0186. The van der Waals surface area contributed by atoms with Gasteiger partial charge in [-0.1, -0.05) is 26.2 Å². The molecule has 21 heavy (non-hydrogen) atoms. The van der Waals surface area contributed by atoms with E-state index in [1.54, 1.807) is 11.9 Å². The number of carboxylic acid groups (broad SMARTS) is 1. The van der Waals surface area contributed by atoms with Gasteiger partial charge in [0, 0.05) is 20.1 Å². The van der Waals surface area contributed by atoms with Crippen molar-refractivity contribution >= 4 is 12.0 Å². The van der Waals surface area contributed by atoms with Crippen LogP contribution in [0, 0.1) is 5.92 Å². The number of nitrogens with zero attached hydrogens (tertiary/aromatic N) is 2. The van der Waals surface area contributed by atoms with Crippen LogP contribution < -0.4 is 0 Å². The standard InChI is InChI=1S/C16H28N2O3/c1-13-6-10-18(11-7-13)15(21)17(2)16(12-14(19)20)8-4-3-5-9-16/h13H,3-12H2,1-2H3,(H,19,20). The number of likely N-dealkylation sites (tertiary alicyclic amines) is 1. The number of rotatable bonds is 3. The van der Waals surface area contributed by atoms with Crippen LogP contribution in [0.3, 0.4) is 0 Å². The van der Waals surface area contributed by atoms with Crippen molar-refractivity contribution in [3.8, 4) is 0 Å². The van der Waals surface area contributed by atoms with Crippen molar-refractivity contribution in [3.63, 3.8) is 0 Å². The summed E-state index contributed by atoms with van der Waals surface area (Å²) in [5, 5.41) is 9.26. The van der Waals surface area contributed by atoms with Crippen molar-refractivity contribution < 1.29 is 14.7 Å². The minimum absolute atomic E-state index is 0.0186. The minimum atomic E-state index is -0.802. The highest BCUT2D eigenvalue weighted by molar-refractivity contribution is 5.77. The zero-order chi connectivity index (χ0) is 15.5. The predicted octanol–water partition coefficient (Wildman–Crippen LogP) is 2.95. The highest BCUT2D eigenvalue weighted by Gasteiger charge is 2.42. The molecule has 2 aliphatic rings. The highest BCUT2D eigenvalue weighted by atomic mass is 16.4. The third-order valence-corrected chi connectivity index (χ3v) is 5.32. The number of carbonyl (C=O) groups excluding carboxylic acids is 1. The Hall–Kier alpha value is -1.26. The summed E-state index contributed by atoms with van der Waals surface area (Å²) in [4.78, 5) is 27.7. The molecule has 1 saturated heterocycles. The van der Waals surface area contributed by atoms with Crippen LogP contribution in [0.15, 0.2) is 0 Å². The molecule has 1 aliphatic carbocycles. The molecule has 1 saturated carbocycles. The summed E-state index contributed by atoms with van der Waals surface area (Å²) in [5.41, 5.74) is -0.482. The maximum atomic E-state index is 12.7. The lowest BCUT2D eigenvalue weighted by Crippen LogP contribution is -2.56. The number of carbonyl (C=O) groups is 2. The fourth-order valence-electron chi connectivity index (χ4n) is 3.74. The van der Waals surface area contributed by atoms with Gasteiger partial charge in [0.1, 0.15) is 0 Å². The summed E-state index contributed by atoms with van der Waals surface area (Å²) >= 11 is 0. The van der Waals surface area contributed by atoms with Crippen molar-refractivity contribution in [1.29, 1.82) is 0 Å². The van der Waals surface area contributed by atoms with E-state index in [2.05, 4.69) is 6.92 Å². The van der Waals surface area contributed by atoms with Gasteiger partial charge in [-0.3, -0.25) is 4.79 Å². The molecule has 1 aliphatic heterocycles. The number of carboxylic acids is 1. The van der Waals surface area contributed by atoms with Crippen LogP contribution in [-0.4, -0.2) is 52.6 Å². The molecule has 2 amide bonds. The molecule has 0 unspecified atom stereocenters. The maximum Gasteiger partial charge on any atom is 0.320 e. The largest absolute Gasteiger partial charge is 0.481 e. The second kappa shape index (κ2) is 6.67. The Bertz CT molecular complexity index is 383. The average Bonchev–Trinajstić information content (AvgIpc) is 2.47. The van der Waals surface area contributed by atoms with E-state index in [9.17, 15) is 14.7 Å². The lowest BCUT2D eigenvalue weighted by molar-refractivity contribution is -0.140. The number of piperidine rings is 1. The van der Waals surface area contributed by atoms with Gasteiger partial charge >= 0.3 is 12.0 Å².